The van der Waals surface area contributed by atoms with Crippen molar-refractivity contribution in [2.45, 2.75) is 6.61 Å². The van der Waals surface area contributed by atoms with Crippen molar-refractivity contribution in [2.75, 3.05) is 0 Å². The molecule has 3 aromatic rings. The molecule has 3 aromatic carbocycles. The summed E-state index contributed by atoms with van der Waals surface area (Å²) < 4.78 is 20.4. The maximum absolute atomic E-state index is 13.8. The van der Waals surface area contributed by atoms with Gasteiger partial charge < -0.3 is 4.74 Å². The Morgan fingerprint density at radius 2 is 1.90 bits per heavy atom. The number of hydrogen-bond donors (Lipinski definition) is 0. The van der Waals surface area contributed by atoms with E-state index in [1.165, 1.54) is 30.3 Å². The van der Waals surface area contributed by atoms with E-state index in [0.717, 1.165) is 4.47 Å². The SMILES string of the molecule is N#C/C(=C/c1cc(Br)ccc1OCc1ccccc1F)c1ccc([N+](=O)[O-])cc1. The van der Waals surface area contributed by atoms with Gasteiger partial charge in [-0.25, -0.2) is 4.39 Å². The zero-order chi connectivity index (χ0) is 20.8. The molecule has 29 heavy (non-hydrogen) atoms. The number of benzene rings is 3. The van der Waals surface area contributed by atoms with Crippen LogP contribution in [0.1, 0.15) is 16.7 Å². The van der Waals surface area contributed by atoms with Crippen molar-refractivity contribution in [1.82, 2.24) is 0 Å². The highest BCUT2D eigenvalue weighted by atomic mass is 79.9. The first-order chi connectivity index (χ1) is 14.0. The van der Waals surface area contributed by atoms with E-state index in [4.69, 9.17) is 4.74 Å². The number of rotatable bonds is 6. The summed E-state index contributed by atoms with van der Waals surface area (Å²) in [4.78, 5) is 10.3. The molecular weight excluding hydrogens is 439 g/mol. The number of ether oxygens (including phenoxy) is 1. The van der Waals surface area contributed by atoms with Gasteiger partial charge in [0.25, 0.3) is 5.69 Å². The highest BCUT2D eigenvalue weighted by Crippen LogP contribution is 2.29. The summed E-state index contributed by atoms with van der Waals surface area (Å²) in [5.41, 5.74) is 1.83. The third-order valence-electron chi connectivity index (χ3n) is 4.12. The van der Waals surface area contributed by atoms with Crippen LogP contribution in [0, 0.1) is 27.3 Å². The Balaban J connectivity index is 1.92. The second-order valence-electron chi connectivity index (χ2n) is 6.04. The monoisotopic (exact) mass is 452 g/mol. The molecule has 0 bridgehead atoms. The van der Waals surface area contributed by atoms with Crippen LogP contribution in [0.5, 0.6) is 5.75 Å². The molecule has 144 valence electrons. The first kappa shape index (κ1) is 20.2. The Morgan fingerprint density at radius 3 is 2.55 bits per heavy atom. The Bertz CT molecular complexity index is 1120. The molecule has 5 nitrogen and oxygen atoms in total. The summed E-state index contributed by atoms with van der Waals surface area (Å²) >= 11 is 3.39. The van der Waals surface area contributed by atoms with Crippen molar-refractivity contribution in [3.05, 3.63) is 104 Å². The molecule has 0 aliphatic rings. The Kier molecular flexibility index (Phi) is 6.37. The van der Waals surface area contributed by atoms with Crippen molar-refractivity contribution >= 4 is 33.3 Å². The zero-order valence-corrected chi connectivity index (χ0v) is 16.6. The van der Waals surface area contributed by atoms with Crippen LogP contribution < -0.4 is 4.74 Å². The third-order valence-corrected chi connectivity index (χ3v) is 4.62. The smallest absolute Gasteiger partial charge is 0.269 e. The lowest BCUT2D eigenvalue weighted by atomic mass is 10.0. The van der Waals surface area contributed by atoms with Crippen molar-refractivity contribution in [1.29, 1.82) is 5.26 Å². The Hall–Kier alpha value is -3.50. The van der Waals surface area contributed by atoms with Crippen LogP contribution in [0.3, 0.4) is 0 Å². The van der Waals surface area contributed by atoms with Gasteiger partial charge in [-0.3, -0.25) is 10.1 Å². The summed E-state index contributed by atoms with van der Waals surface area (Å²) in [5.74, 6) is 0.122. The van der Waals surface area contributed by atoms with Crippen LogP contribution in [0.4, 0.5) is 10.1 Å². The molecule has 0 saturated carbocycles. The number of halogens is 2. The van der Waals surface area contributed by atoms with Gasteiger partial charge in [0.1, 0.15) is 18.2 Å². The number of nitro groups is 1. The highest BCUT2D eigenvalue weighted by molar-refractivity contribution is 9.10. The van der Waals surface area contributed by atoms with Gasteiger partial charge in [0.2, 0.25) is 0 Å². The number of nitro benzene ring substituents is 1. The minimum atomic E-state index is -0.498. The maximum atomic E-state index is 13.8. The van der Waals surface area contributed by atoms with Gasteiger partial charge in [0, 0.05) is 27.7 Å². The van der Waals surface area contributed by atoms with Crippen LogP contribution in [0.2, 0.25) is 0 Å². The highest BCUT2D eigenvalue weighted by Gasteiger charge is 2.10. The quantitative estimate of drug-likeness (QED) is 0.195. The van der Waals surface area contributed by atoms with Crippen LogP contribution in [-0.2, 0) is 6.61 Å². The maximum Gasteiger partial charge on any atom is 0.269 e. The molecule has 0 saturated heterocycles. The molecule has 3 rings (SSSR count). The number of hydrogen-bond acceptors (Lipinski definition) is 4. The van der Waals surface area contributed by atoms with Crippen LogP contribution in [0.25, 0.3) is 11.6 Å². The van der Waals surface area contributed by atoms with E-state index in [2.05, 4.69) is 22.0 Å². The lowest BCUT2D eigenvalue weighted by Crippen LogP contribution is -1.99. The minimum absolute atomic E-state index is 0.0363. The van der Waals surface area contributed by atoms with Crippen LogP contribution >= 0.6 is 15.9 Å². The molecule has 0 aliphatic heterocycles. The fraction of sp³-hybridized carbons (Fsp3) is 0.0455. The van der Waals surface area contributed by atoms with Crippen molar-refractivity contribution in [2.24, 2.45) is 0 Å². The molecule has 0 fully saturated rings. The third kappa shape index (κ3) is 5.06. The first-order valence-corrected chi connectivity index (χ1v) is 9.29. The molecule has 0 heterocycles. The standard InChI is InChI=1S/C22H14BrFN2O3/c23-19-7-10-22(29-14-16-3-1-2-4-21(16)24)17(12-19)11-18(13-25)15-5-8-20(9-6-15)26(27)28/h1-12H,14H2/b18-11-. The van der Waals surface area contributed by atoms with E-state index < -0.39 is 4.92 Å². The minimum Gasteiger partial charge on any atom is -0.488 e. The van der Waals surface area contributed by atoms with Gasteiger partial charge in [-0.1, -0.05) is 34.1 Å². The average molecular weight is 453 g/mol. The molecule has 0 spiro atoms. The second-order valence-corrected chi connectivity index (χ2v) is 6.95. The molecule has 0 unspecified atom stereocenters. The molecule has 0 aromatic heterocycles. The van der Waals surface area contributed by atoms with Gasteiger partial charge in [-0.15, -0.1) is 0 Å². The largest absolute Gasteiger partial charge is 0.488 e. The van der Waals surface area contributed by atoms with Gasteiger partial charge in [-0.2, -0.15) is 5.26 Å². The average Bonchev–Trinajstić information content (AvgIpc) is 2.72. The summed E-state index contributed by atoms with van der Waals surface area (Å²) in [5, 5.41) is 20.4. The summed E-state index contributed by atoms with van der Waals surface area (Å²) in [6.07, 6.45) is 1.63. The molecule has 7 heteroatoms. The second kappa shape index (κ2) is 9.13. The van der Waals surface area contributed by atoms with E-state index >= 15 is 0 Å². The molecule has 0 aliphatic carbocycles. The summed E-state index contributed by atoms with van der Waals surface area (Å²) in [6, 6.07) is 19.5. The van der Waals surface area contributed by atoms with Gasteiger partial charge in [0.05, 0.1) is 16.6 Å². The molecular formula is C22H14BrFN2O3. The zero-order valence-electron chi connectivity index (χ0n) is 15.0. The molecule has 0 N–H and O–H groups in total. The number of non-ortho nitro benzene ring substituents is 1. The molecule has 0 atom stereocenters. The van der Waals surface area contributed by atoms with Crippen molar-refractivity contribution in [3.8, 4) is 11.8 Å². The van der Waals surface area contributed by atoms with E-state index in [1.807, 2.05) is 0 Å². The van der Waals surface area contributed by atoms with Gasteiger partial charge in [-0.05, 0) is 48.0 Å². The summed E-state index contributed by atoms with van der Waals surface area (Å²) in [6.45, 7) is 0.0363. The number of nitrogens with zero attached hydrogens (tertiary/aromatic N) is 2. The van der Waals surface area contributed by atoms with Crippen LogP contribution in [-0.4, -0.2) is 4.92 Å². The fourth-order valence-corrected chi connectivity index (χ4v) is 3.01. The van der Waals surface area contributed by atoms with E-state index in [1.54, 1.807) is 42.5 Å². The van der Waals surface area contributed by atoms with Crippen molar-refractivity contribution < 1.29 is 14.1 Å². The lowest BCUT2D eigenvalue weighted by molar-refractivity contribution is -0.384. The number of nitriles is 1. The van der Waals surface area contributed by atoms with Gasteiger partial charge in [0.15, 0.2) is 0 Å². The number of allylic oxidation sites excluding steroid dienone is 1. The molecule has 0 amide bonds. The lowest BCUT2D eigenvalue weighted by Gasteiger charge is -2.11. The predicted molar refractivity (Wildman–Crippen MR) is 111 cm³/mol. The fourth-order valence-electron chi connectivity index (χ4n) is 2.63. The van der Waals surface area contributed by atoms with E-state index in [0.29, 0.717) is 28.0 Å². The summed E-state index contributed by atoms with van der Waals surface area (Å²) in [7, 11) is 0. The predicted octanol–water partition coefficient (Wildman–Crippen LogP) is 6.14. The molecule has 0 radical (unpaired) electrons. The van der Waals surface area contributed by atoms with E-state index in [-0.39, 0.29) is 18.1 Å². The first-order valence-electron chi connectivity index (χ1n) is 8.50. The van der Waals surface area contributed by atoms with Crippen LogP contribution in [0.15, 0.2) is 71.2 Å². The normalized spacial score (nSPS) is 11.0. The van der Waals surface area contributed by atoms with Gasteiger partial charge >= 0.3 is 0 Å². The Morgan fingerprint density at radius 1 is 1.17 bits per heavy atom. The Labute approximate surface area is 175 Å². The van der Waals surface area contributed by atoms with E-state index in [9.17, 15) is 19.8 Å². The topological polar surface area (TPSA) is 76.2 Å². The van der Waals surface area contributed by atoms with Crippen molar-refractivity contribution in [3.63, 3.8) is 0 Å².